The second kappa shape index (κ2) is 8.05. The van der Waals surface area contributed by atoms with E-state index in [1.54, 1.807) is 13.0 Å². The summed E-state index contributed by atoms with van der Waals surface area (Å²) in [5.74, 6) is -4.36. The molecule has 0 saturated heterocycles. The van der Waals surface area contributed by atoms with Gasteiger partial charge in [0.15, 0.2) is 11.6 Å². The van der Waals surface area contributed by atoms with Gasteiger partial charge in [-0.05, 0) is 24.6 Å². The summed E-state index contributed by atoms with van der Waals surface area (Å²) in [6.07, 6.45) is 2.07. The van der Waals surface area contributed by atoms with E-state index in [4.69, 9.17) is 8.85 Å². The number of anilines is 1. The van der Waals surface area contributed by atoms with Crippen LogP contribution in [-0.2, 0) is 4.79 Å². The van der Waals surface area contributed by atoms with Crippen molar-refractivity contribution in [2.75, 3.05) is 18.5 Å². The van der Waals surface area contributed by atoms with Crippen LogP contribution in [0, 0.1) is 18.6 Å². The van der Waals surface area contributed by atoms with Crippen molar-refractivity contribution in [3.63, 3.8) is 0 Å². The number of carbonyl (C=O) groups excluding carboxylic acids is 2. The minimum Gasteiger partial charge on any atom is -0.487 e. The average molecular weight is 428 g/mol. The zero-order chi connectivity index (χ0) is 24.6. The van der Waals surface area contributed by atoms with E-state index in [-0.39, 0.29) is 22.8 Å². The number of carbonyl (C=O) groups is 2. The number of rotatable bonds is 3. The maximum absolute atomic E-state index is 14.3. The number of amides is 2. The molecular formula is C21H17F2N5O3. The van der Waals surface area contributed by atoms with E-state index in [0.29, 0.717) is 10.5 Å². The lowest BCUT2D eigenvalue weighted by Crippen LogP contribution is -2.49. The zero-order valence-electron chi connectivity index (χ0n) is 19.1. The van der Waals surface area contributed by atoms with Gasteiger partial charge in [-0.1, -0.05) is 12.1 Å². The zero-order valence-corrected chi connectivity index (χ0v) is 16.1. The fourth-order valence-electron chi connectivity index (χ4n) is 3.00. The minimum absolute atomic E-state index is 0.155. The van der Waals surface area contributed by atoms with Crippen molar-refractivity contribution >= 4 is 17.6 Å². The number of aromatic nitrogens is 3. The molecule has 0 bridgehead atoms. The second-order valence-corrected chi connectivity index (χ2v) is 6.69. The Morgan fingerprint density at radius 1 is 1.29 bits per heavy atom. The Hall–Kier alpha value is -3.95. The minimum atomic E-state index is -2.99. The number of ether oxygens (including phenoxy) is 1. The lowest BCUT2D eigenvalue weighted by molar-refractivity contribution is -0.120. The van der Waals surface area contributed by atoms with Crippen LogP contribution in [0.25, 0.3) is 11.3 Å². The molecule has 10 heteroatoms. The lowest BCUT2D eigenvalue weighted by atomic mass is 10.1. The van der Waals surface area contributed by atoms with E-state index < -0.39 is 48.9 Å². The first-order chi connectivity index (χ1) is 16.1. The fraction of sp³-hybridized carbons (Fsp3) is 0.190. The number of halogens is 2. The highest BCUT2D eigenvalue weighted by molar-refractivity contribution is 6.01. The number of hydrogen-bond acceptors (Lipinski definition) is 6. The van der Waals surface area contributed by atoms with Gasteiger partial charge >= 0.3 is 0 Å². The standard InChI is InChI=1S/C21H17F2N5O3/c1-11-8-24-18(27-17(11)13-5-3-4-6-14(13)23)20(29)26-15-10-31-16-7-12(22)9-25-19(16)28(2)21(15)30/h3-9,15H,10H2,1-2H3,(H,26,29)/t15-/m0/s1/i2D3. The Labute approximate surface area is 180 Å². The number of nitrogens with zero attached hydrogens (tertiary/aromatic N) is 4. The third-order valence-electron chi connectivity index (χ3n) is 4.54. The van der Waals surface area contributed by atoms with E-state index >= 15 is 0 Å². The maximum atomic E-state index is 14.3. The molecule has 8 nitrogen and oxygen atoms in total. The summed E-state index contributed by atoms with van der Waals surface area (Å²) < 4.78 is 56.4. The Morgan fingerprint density at radius 2 is 2.10 bits per heavy atom. The normalized spacial score (nSPS) is 17.5. The molecule has 0 saturated carbocycles. The predicted molar refractivity (Wildman–Crippen MR) is 107 cm³/mol. The van der Waals surface area contributed by atoms with E-state index in [0.717, 1.165) is 12.3 Å². The topological polar surface area (TPSA) is 97.3 Å². The van der Waals surface area contributed by atoms with Gasteiger partial charge in [0.1, 0.15) is 24.3 Å². The fourth-order valence-corrected chi connectivity index (χ4v) is 3.00. The highest BCUT2D eigenvalue weighted by Gasteiger charge is 2.32. The van der Waals surface area contributed by atoms with Crippen LogP contribution < -0.4 is 15.0 Å². The molecule has 1 aliphatic heterocycles. The SMILES string of the molecule is [2H]C([2H])([2H])N1C(=O)[C@@H](NC(=O)c2ncc(C)c(-c3ccccc3F)n2)COc2cc(F)cnc21. The maximum Gasteiger partial charge on any atom is 0.289 e. The van der Waals surface area contributed by atoms with Crippen LogP contribution in [0.5, 0.6) is 5.75 Å². The van der Waals surface area contributed by atoms with Crippen LogP contribution in [0.15, 0.2) is 42.7 Å². The molecule has 0 fully saturated rings. The number of benzene rings is 1. The van der Waals surface area contributed by atoms with E-state index in [1.165, 1.54) is 24.4 Å². The van der Waals surface area contributed by atoms with Crippen molar-refractivity contribution in [1.29, 1.82) is 0 Å². The van der Waals surface area contributed by atoms with Gasteiger partial charge < -0.3 is 10.1 Å². The highest BCUT2D eigenvalue weighted by Crippen LogP contribution is 2.29. The van der Waals surface area contributed by atoms with Crippen LogP contribution >= 0.6 is 0 Å². The van der Waals surface area contributed by atoms with Gasteiger partial charge in [0.25, 0.3) is 11.8 Å². The first-order valence-electron chi connectivity index (χ1n) is 10.6. The molecular weight excluding hydrogens is 408 g/mol. The quantitative estimate of drug-likeness (QED) is 0.688. The molecule has 1 N–H and O–H groups in total. The summed E-state index contributed by atoms with van der Waals surface area (Å²) in [5, 5.41) is 2.34. The van der Waals surface area contributed by atoms with Crippen LogP contribution in [-0.4, -0.2) is 46.4 Å². The molecule has 0 radical (unpaired) electrons. The molecule has 2 amide bonds. The molecule has 31 heavy (non-hydrogen) atoms. The van der Waals surface area contributed by atoms with Gasteiger partial charge in [0.2, 0.25) is 5.82 Å². The Bertz CT molecular complexity index is 1290. The monoisotopic (exact) mass is 428 g/mol. The van der Waals surface area contributed by atoms with Gasteiger partial charge in [0, 0.05) is 28.9 Å². The Balaban J connectivity index is 1.64. The van der Waals surface area contributed by atoms with Crippen molar-refractivity contribution in [1.82, 2.24) is 20.3 Å². The third-order valence-corrected chi connectivity index (χ3v) is 4.54. The number of aryl methyl sites for hydroxylation is 1. The molecule has 0 aliphatic carbocycles. The van der Waals surface area contributed by atoms with Crippen molar-refractivity contribution in [2.45, 2.75) is 13.0 Å². The highest BCUT2D eigenvalue weighted by atomic mass is 19.1. The Kier molecular flexibility index (Phi) is 4.37. The predicted octanol–water partition coefficient (Wildman–Crippen LogP) is 2.28. The van der Waals surface area contributed by atoms with Crippen molar-refractivity contribution in [3.8, 4) is 17.0 Å². The van der Waals surface area contributed by atoms with Gasteiger partial charge in [-0.2, -0.15) is 0 Å². The van der Waals surface area contributed by atoms with Gasteiger partial charge in [-0.15, -0.1) is 0 Å². The third kappa shape index (κ3) is 3.91. The second-order valence-electron chi connectivity index (χ2n) is 6.69. The first-order valence-corrected chi connectivity index (χ1v) is 9.08. The number of hydrogen-bond donors (Lipinski definition) is 1. The molecule has 1 aliphatic rings. The van der Waals surface area contributed by atoms with Crippen molar-refractivity contribution in [2.24, 2.45) is 0 Å². The summed E-state index contributed by atoms with van der Waals surface area (Å²) in [6.45, 7) is -1.85. The van der Waals surface area contributed by atoms with E-state index in [1.807, 2.05) is 0 Å². The van der Waals surface area contributed by atoms with Gasteiger partial charge in [-0.25, -0.2) is 23.7 Å². The number of fused-ring (bicyclic) bond motifs is 1. The molecule has 0 unspecified atom stereocenters. The van der Waals surface area contributed by atoms with Gasteiger partial charge in [-0.3, -0.25) is 14.5 Å². The Morgan fingerprint density at radius 3 is 2.87 bits per heavy atom. The van der Waals surface area contributed by atoms with Crippen LogP contribution in [0.1, 0.15) is 20.3 Å². The molecule has 3 aromatic rings. The molecule has 1 atom stereocenters. The van der Waals surface area contributed by atoms with Crippen LogP contribution in [0.3, 0.4) is 0 Å². The van der Waals surface area contributed by atoms with Crippen molar-refractivity contribution < 1.29 is 27.2 Å². The molecule has 0 spiro atoms. The smallest absolute Gasteiger partial charge is 0.289 e. The van der Waals surface area contributed by atoms with Crippen LogP contribution in [0.4, 0.5) is 14.6 Å². The van der Waals surface area contributed by atoms with E-state index in [2.05, 4.69) is 20.3 Å². The summed E-state index contributed by atoms with van der Waals surface area (Å²) in [5.41, 5.74) is 0.841. The van der Waals surface area contributed by atoms with Crippen molar-refractivity contribution in [3.05, 3.63) is 65.7 Å². The number of pyridine rings is 1. The molecule has 2 aromatic heterocycles. The van der Waals surface area contributed by atoms with Gasteiger partial charge in [0.05, 0.1) is 11.9 Å². The molecule has 3 heterocycles. The summed E-state index contributed by atoms with van der Waals surface area (Å²) in [6, 6.07) is 5.27. The van der Waals surface area contributed by atoms with Crippen LogP contribution in [0.2, 0.25) is 0 Å². The average Bonchev–Trinajstić information content (AvgIpc) is 2.90. The molecule has 158 valence electrons. The van der Waals surface area contributed by atoms with E-state index in [9.17, 15) is 18.4 Å². The number of nitrogens with one attached hydrogen (secondary N) is 1. The largest absolute Gasteiger partial charge is 0.487 e. The summed E-state index contributed by atoms with van der Waals surface area (Å²) in [4.78, 5) is 38.0. The lowest BCUT2D eigenvalue weighted by Gasteiger charge is -2.19. The molecule has 4 rings (SSSR count). The first kappa shape index (κ1) is 16.8. The summed E-state index contributed by atoms with van der Waals surface area (Å²) >= 11 is 0. The summed E-state index contributed by atoms with van der Waals surface area (Å²) in [7, 11) is 0. The number of likely N-dealkylation sites (N-methyl/N-ethyl adjacent to an activating group) is 1. The molecule has 1 aromatic carbocycles.